The number of hydrogen-bond donors (Lipinski definition) is 0. The first-order valence-electron chi connectivity index (χ1n) is 16.9. The van der Waals surface area contributed by atoms with Crippen molar-refractivity contribution in [1.82, 2.24) is 14.5 Å². The average molecular weight is 638 g/mol. The molecule has 232 valence electrons. The molecule has 3 heterocycles. The van der Waals surface area contributed by atoms with Gasteiger partial charge in [0.25, 0.3) is 0 Å². The molecule has 0 amide bonds. The normalized spacial score (nSPS) is 12.0. The van der Waals surface area contributed by atoms with Crippen LogP contribution < -0.4 is 0 Å². The smallest absolute Gasteiger partial charge is 0.160 e. The summed E-state index contributed by atoms with van der Waals surface area (Å²) in [6, 6.07) is 57.6. The Morgan fingerprint density at radius 2 is 1.08 bits per heavy atom. The largest absolute Gasteiger partial charge is 0.456 e. The van der Waals surface area contributed by atoms with Gasteiger partial charge in [-0.05, 0) is 52.6 Å². The Kier molecular flexibility index (Phi) is 5.63. The molecule has 0 radical (unpaired) electrons. The van der Waals surface area contributed by atoms with Gasteiger partial charge in [0, 0.05) is 49.1 Å². The van der Waals surface area contributed by atoms with E-state index in [9.17, 15) is 0 Å². The summed E-state index contributed by atoms with van der Waals surface area (Å²) in [6.07, 6.45) is 0. The molecule has 11 rings (SSSR count). The van der Waals surface area contributed by atoms with Crippen molar-refractivity contribution in [2.75, 3.05) is 0 Å². The van der Waals surface area contributed by atoms with Crippen LogP contribution in [-0.2, 0) is 0 Å². The minimum atomic E-state index is 0.698. The molecule has 4 nitrogen and oxygen atoms in total. The van der Waals surface area contributed by atoms with E-state index in [0.717, 1.165) is 60.9 Å². The predicted molar refractivity (Wildman–Crippen MR) is 207 cm³/mol. The van der Waals surface area contributed by atoms with Crippen molar-refractivity contribution in [3.05, 3.63) is 164 Å². The molecule has 0 saturated heterocycles. The van der Waals surface area contributed by atoms with E-state index in [0.29, 0.717) is 5.82 Å². The van der Waals surface area contributed by atoms with E-state index in [1.165, 1.54) is 37.8 Å². The number of rotatable bonds is 3. The van der Waals surface area contributed by atoms with E-state index in [4.69, 9.17) is 14.4 Å². The van der Waals surface area contributed by atoms with Crippen molar-refractivity contribution >= 4 is 76.2 Å². The van der Waals surface area contributed by atoms with Gasteiger partial charge < -0.3 is 8.98 Å². The minimum Gasteiger partial charge on any atom is -0.456 e. The molecule has 0 aliphatic rings. The zero-order chi connectivity index (χ0) is 32.8. The molecule has 0 fully saturated rings. The van der Waals surface area contributed by atoms with Crippen molar-refractivity contribution in [1.29, 1.82) is 0 Å². The quantitative estimate of drug-likeness (QED) is 0.181. The molecule has 0 aliphatic carbocycles. The van der Waals surface area contributed by atoms with Gasteiger partial charge in [-0.15, -0.1) is 0 Å². The van der Waals surface area contributed by atoms with E-state index in [-0.39, 0.29) is 0 Å². The van der Waals surface area contributed by atoms with Crippen LogP contribution in [-0.4, -0.2) is 14.5 Å². The lowest BCUT2D eigenvalue weighted by molar-refractivity contribution is 0.669. The van der Waals surface area contributed by atoms with Crippen LogP contribution >= 0.6 is 0 Å². The van der Waals surface area contributed by atoms with Crippen LogP contribution in [0.2, 0.25) is 0 Å². The summed E-state index contributed by atoms with van der Waals surface area (Å²) in [5.74, 6) is 0.698. The fourth-order valence-corrected chi connectivity index (χ4v) is 8.05. The molecule has 0 atom stereocenters. The van der Waals surface area contributed by atoms with Gasteiger partial charge >= 0.3 is 0 Å². The van der Waals surface area contributed by atoms with E-state index >= 15 is 0 Å². The summed E-state index contributed by atoms with van der Waals surface area (Å²) in [6.45, 7) is 0. The molecule has 0 N–H and O–H groups in total. The van der Waals surface area contributed by atoms with Crippen molar-refractivity contribution in [2.24, 2.45) is 0 Å². The number of furan rings is 1. The Morgan fingerprint density at radius 1 is 0.420 bits per heavy atom. The molecule has 0 aliphatic heterocycles. The first-order chi connectivity index (χ1) is 24.8. The summed E-state index contributed by atoms with van der Waals surface area (Å²) >= 11 is 0. The topological polar surface area (TPSA) is 43.9 Å². The van der Waals surface area contributed by atoms with Gasteiger partial charge in [-0.3, -0.25) is 0 Å². The second kappa shape index (κ2) is 10.4. The number of benzene rings is 8. The first kappa shape index (κ1) is 27.2. The zero-order valence-electron chi connectivity index (χ0n) is 26.8. The summed E-state index contributed by atoms with van der Waals surface area (Å²) in [7, 11) is 0. The third-order valence-corrected chi connectivity index (χ3v) is 10.2. The maximum Gasteiger partial charge on any atom is 0.160 e. The van der Waals surface area contributed by atoms with Crippen LogP contribution in [0.3, 0.4) is 0 Å². The maximum absolute atomic E-state index is 6.46. The first-order valence-corrected chi connectivity index (χ1v) is 16.9. The minimum absolute atomic E-state index is 0.698. The van der Waals surface area contributed by atoms with Gasteiger partial charge in [0.2, 0.25) is 0 Å². The number of aromatic nitrogens is 3. The van der Waals surface area contributed by atoms with Gasteiger partial charge in [-0.25, -0.2) is 9.97 Å². The molecule has 8 aromatic carbocycles. The van der Waals surface area contributed by atoms with E-state index in [1.807, 2.05) is 18.2 Å². The van der Waals surface area contributed by atoms with Gasteiger partial charge in [0.05, 0.1) is 22.2 Å². The lowest BCUT2D eigenvalue weighted by Crippen LogP contribution is -1.98. The summed E-state index contributed by atoms with van der Waals surface area (Å²) in [5.41, 5.74) is 9.02. The molecule has 0 bridgehead atoms. The standard InChI is InChI=1S/C46H27N3O/c1-2-13-28(14-3-1)44-35-21-8-10-23-37(35)47-46(48-44)29-15-12-16-30(27-29)49-38-25-26-40-41(36-22-9-11-24-39(36)50-40)43(38)42-33-19-6-4-17-31(33)32-18-5-7-20-34(32)45(42)49/h1-27H. The Morgan fingerprint density at radius 3 is 1.92 bits per heavy atom. The monoisotopic (exact) mass is 637 g/mol. The highest BCUT2D eigenvalue weighted by Gasteiger charge is 2.23. The Labute approximate surface area is 286 Å². The van der Waals surface area contributed by atoms with E-state index in [2.05, 4.69) is 150 Å². The lowest BCUT2D eigenvalue weighted by Gasteiger charge is -2.14. The Bertz CT molecular complexity index is 3150. The van der Waals surface area contributed by atoms with Crippen molar-refractivity contribution in [3.8, 4) is 28.3 Å². The second-order valence-corrected chi connectivity index (χ2v) is 12.9. The number of nitrogens with zero attached hydrogens (tertiary/aromatic N) is 3. The fourth-order valence-electron chi connectivity index (χ4n) is 8.05. The van der Waals surface area contributed by atoms with E-state index in [1.54, 1.807) is 0 Å². The molecular weight excluding hydrogens is 611 g/mol. The fraction of sp³-hybridized carbons (Fsp3) is 0. The van der Waals surface area contributed by atoms with Gasteiger partial charge in [0.15, 0.2) is 5.82 Å². The van der Waals surface area contributed by atoms with Gasteiger partial charge in [0.1, 0.15) is 11.2 Å². The third-order valence-electron chi connectivity index (χ3n) is 10.2. The number of hydrogen-bond acceptors (Lipinski definition) is 3. The van der Waals surface area contributed by atoms with Crippen molar-refractivity contribution in [2.45, 2.75) is 0 Å². The SMILES string of the molecule is c1ccc(-c2nc(-c3cccc(-n4c5ccc6oc7ccccc7c6c5c5c6ccccc6c6ccccc6c54)c3)nc3ccccc23)cc1. The zero-order valence-corrected chi connectivity index (χ0v) is 26.8. The predicted octanol–water partition coefficient (Wildman–Crippen LogP) is 12.3. The number of fused-ring (bicyclic) bond motifs is 13. The molecule has 4 heteroatoms. The van der Waals surface area contributed by atoms with Gasteiger partial charge in [-0.2, -0.15) is 0 Å². The third kappa shape index (κ3) is 3.81. The van der Waals surface area contributed by atoms with E-state index < -0.39 is 0 Å². The van der Waals surface area contributed by atoms with Crippen molar-refractivity contribution < 1.29 is 4.42 Å². The van der Waals surface area contributed by atoms with Crippen LogP contribution in [0.5, 0.6) is 0 Å². The highest BCUT2D eigenvalue weighted by Crippen LogP contribution is 2.46. The highest BCUT2D eigenvalue weighted by molar-refractivity contribution is 6.37. The van der Waals surface area contributed by atoms with Crippen LogP contribution in [0.4, 0.5) is 0 Å². The van der Waals surface area contributed by atoms with Crippen LogP contribution in [0.25, 0.3) is 105 Å². The molecule has 0 unspecified atom stereocenters. The summed E-state index contributed by atoms with van der Waals surface area (Å²) in [4.78, 5) is 10.3. The van der Waals surface area contributed by atoms with Crippen LogP contribution in [0, 0.1) is 0 Å². The Hall–Kier alpha value is -6.78. The molecule has 0 saturated carbocycles. The molecule has 50 heavy (non-hydrogen) atoms. The number of para-hydroxylation sites is 2. The summed E-state index contributed by atoms with van der Waals surface area (Å²) < 4.78 is 8.89. The van der Waals surface area contributed by atoms with Crippen LogP contribution in [0.1, 0.15) is 0 Å². The molecular formula is C46H27N3O. The molecule has 0 spiro atoms. The Balaban J connectivity index is 1.27. The van der Waals surface area contributed by atoms with Crippen molar-refractivity contribution in [3.63, 3.8) is 0 Å². The van der Waals surface area contributed by atoms with Crippen LogP contribution in [0.15, 0.2) is 168 Å². The highest BCUT2D eigenvalue weighted by atomic mass is 16.3. The average Bonchev–Trinajstić information content (AvgIpc) is 3.74. The molecule has 3 aromatic heterocycles. The molecule has 11 aromatic rings. The van der Waals surface area contributed by atoms with Gasteiger partial charge in [-0.1, -0.05) is 127 Å². The summed E-state index contributed by atoms with van der Waals surface area (Å²) in [5, 5.41) is 10.6. The maximum atomic E-state index is 6.46. The lowest BCUT2D eigenvalue weighted by atomic mass is 9.95. The second-order valence-electron chi connectivity index (χ2n) is 12.9.